The van der Waals surface area contributed by atoms with Gasteiger partial charge in [0.15, 0.2) is 0 Å². The molecule has 56 valence electrons. The maximum atomic E-state index is 5.65. The van der Waals surface area contributed by atoms with Gasteiger partial charge in [0, 0.05) is 0 Å². The van der Waals surface area contributed by atoms with Gasteiger partial charge in [-0.3, -0.25) is 0 Å². The maximum absolute atomic E-state index is 5.65. The van der Waals surface area contributed by atoms with Gasteiger partial charge in [-0.25, -0.2) is 4.68 Å². The standard InChI is InChI=1S/C5H9ClN4/c1-5(2,3)10-4(6)7-8-9-10/h1-3H3. The SMILES string of the molecule is CC(C)(C)n1nnnc1Cl. The predicted molar refractivity (Wildman–Crippen MR) is 37.8 cm³/mol. The second-order valence-electron chi connectivity index (χ2n) is 3.03. The zero-order valence-electron chi connectivity index (χ0n) is 6.17. The molecule has 0 amide bonds. The van der Waals surface area contributed by atoms with Crippen molar-refractivity contribution in [1.82, 2.24) is 20.2 Å². The number of hydrogen-bond acceptors (Lipinski definition) is 3. The highest BCUT2D eigenvalue weighted by molar-refractivity contribution is 6.28. The predicted octanol–water partition coefficient (Wildman–Crippen LogP) is 1.08. The van der Waals surface area contributed by atoms with Crippen LogP contribution in [0.25, 0.3) is 0 Å². The van der Waals surface area contributed by atoms with Gasteiger partial charge in [-0.15, -0.1) is 0 Å². The Kier molecular flexibility index (Phi) is 1.64. The van der Waals surface area contributed by atoms with Crippen LogP contribution in [0.15, 0.2) is 0 Å². The summed E-state index contributed by atoms with van der Waals surface area (Å²) in [6, 6.07) is 0. The van der Waals surface area contributed by atoms with Gasteiger partial charge in [-0.2, -0.15) is 0 Å². The summed E-state index contributed by atoms with van der Waals surface area (Å²) in [6.45, 7) is 5.94. The molecule has 0 unspecified atom stereocenters. The minimum absolute atomic E-state index is 0.138. The minimum atomic E-state index is -0.138. The van der Waals surface area contributed by atoms with Crippen LogP contribution in [0.1, 0.15) is 20.8 Å². The number of nitrogens with zero attached hydrogens (tertiary/aromatic N) is 4. The number of rotatable bonds is 0. The fraction of sp³-hybridized carbons (Fsp3) is 0.800. The summed E-state index contributed by atoms with van der Waals surface area (Å²) in [4.78, 5) is 0. The third kappa shape index (κ3) is 1.26. The van der Waals surface area contributed by atoms with Crippen LogP contribution in [-0.4, -0.2) is 20.2 Å². The number of tetrazole rings is 1. The Labute approximate surface area is 64.2 Å². The Bertz CT molecular complexity index is 224. The van der Waals surface area contributed by atoms with Gasteiger partial charge in [0.2, 0.25) is 5.28 Å². The number of hydrogen-bond donors (Lipinski definition) is 0. The van der Waals surface area contributed by atoms with Crippen LogP contribution in [-0.2, 0) is 5.54 Å². The molecule has 0 atom stereocenters. The first-order valence-electron chi connectivity index (χ1n) is 2.96. The van der Waals surface area contributed by atoms with E-state index in [9.17, 15) is 0 Å². The Morgan fingerprint density at radius 3 is 2.20 bits per heavy atom. The van der Waals surface area contributed by atoms with Crippen molar-refractivity contribution in [2.45, 2.75) is 26.3 Å². The van der Waals surface area contributed by atoms with Gasteiger partial charge in [0.1, 0.15) is 0 Å². The summed E-state index contributed by atoms with van der Waals surface area (Å²) in [5, 5.41) is 11.0. The molecule has 1 rings (SSSR count). The van der Waals surface area contributed by atoms with Crippen molar-refractivity contribution in [3.05, 3.63) is 5.28 Å². The molecule has 5 heteroatoms. The molecule has 1 heterocycles. The Balaban J connectivity index is 3.05. The summed E-state index contributed by atoms with van der Waals surface area (Å²) in [5.74, 6) is 0. The zero-order valence-corrected chi connectivity index (χ0v) is 6.92. The highest BCUT2D eigenvalue weighted by Gasteiger charge is 2.17. The first-order chi connectivity index (χ1) is 4.52. The largest absolute Gasteiger partial charge is 0.243 e. The molecule has 0 aliphatic heterocycles. The fourth-order valence-electron chi connectivity index (χ4n) is 0.587. The Morgan fingerprint density at radius 1 is 1.40 bits per heavy atom. The minimum Gasteiger partial charge on any atom is -0.211 e. The van der Waals surface area contributed by atoms with E-state index in [0.717, 1.165) is 0 Å². The fourth-order valence-corrected chi connectivity index (χ4v) is 0.908. The maximum Gasteiger partial charge on any atom is 0.243 e. The first-order valence-corrected chi connectivity index (χ1v) is 3.34. The van der Waals surface area contributed by atoms with E-state index in [-0.39, 0.29) is 5.54 Å². The van der Waals surface area contributed by atoms with E-state index >= 15 is 0 Å². The van der Waals surface area contributed by atoms with Crippen LogP contribution in [0.4, 0.5) is 0 Å². The van der Waals surface area contributed by atoms with E-state index in [0.29, 0.717) is 5.28 Å². The molecule has 0 spiro atoms. The van der Waals surface area contributed by atoms with Crippen molar-refractivity contribution in [2.75, 3.05) is 0 Å². The van der Waals surface area contributed by atoms with E-state index in [1.807, 2.05) is 20.8 Å². The third-order valence-electron chi connectivity index (χ3n) is 1.07. The normalized spacial score (nSPS) is 12.0. The van der Waals surface area contributed by atoms with Gasteiger partial charge in [-0.1, -0.05) is 5.10 Å². The molecule has 0 aliphatic rings. The van der Waals surface area contributed by atoms with Crippen LogP contribution in [0.2, 0.25) is 5.28 Å². The molecular weight excluding hydrogens is 152 g/mol. The molecule has 4 nitrogen and oxygen atoms in total. The average molecular weight is 161 g/mol. The van der Waals surface area contributed by atoms with Crippen LogP contribution in [0, 0.1) is 0 Å². The lowest BCUT2D eigenvalue weighted by molar-refractivity contribution is 0.347. The Morgan fingerprint density at radius 2 is 2.00 bits per heavy atom. The first kappa shape index (κ1) is 7.47. The molecule has 0 aromatic carbocycles. The Hall–Kier alpha value is -0.640. The molecule has 10 heavy (non-hydrogen) atoms. The molecule has 0 fully saturated rings. The lowest BCUT2D eigenvalue weighted by atomic mass is 10.1. The third-order valence-corrected chi connectivity index (χ3v) is 1.30. The molecule has 0 radical (unpaired) electrons. The van der Waals surface area contributed by atoms with Crippen LogP contribution < -0.4 is 0 Å². The summed E-state index contributed by atoms with van der Waals surface area (Å²) in [6.07, 6.45) is 0. The average Bonchev–Trinajstić information content (AvgIpc) is 2.11. The van der Waals surface area contributed by atoms with Crippen LogP contribution in [0.5, 0.6) is 0 Å². The number of halogens is 1. The van der Waals surface area contributed by atoms with Crippen molar-refractivity contribution in [3.63, 3.8) is 0 Å². The summed E-state index contributed by atoms with van der Waals surface area (Å²) in [5.41, 5.74) is -0.138. The zero-order chi connectivity index (χ0) is 7.78. The molecule has 0 bridgehead atoms. The number of aromatic nitrogens is 4. The quantitative estimate of drug-likeness (QED) is 0.571. The molecule has 0 aliphatic carbocycles. The van der Waals surface area contributed by atoms with Crippen molar-refractivity contribution in [3.8, 4) is 0 Å². The molecule has 0 N–H and O–H groups in total. The van der Waals surface area contributed by atoms with E-state index in [4.69, 9.17) is 11.6 Å². The van der Waals surface area contributed by atoms with E-state index in [1.165, 1.54) is 0 Å². The lowest BCUT2D eigenvalue weighted by Crippen LogP contribution is -2.23. The van der Waals surface area contributed by atoms with Crippen LogP contribution >= 0.6 is 11.6 Å². The van der Waals surface area contributed by atoms with Gasteiger partial charge in [-0.05, 0) is 42.8 Å². The molecule has 1 aromatic rings. The topological polar surface area (TPSA) is 43.6 Å². The molecule has 0 saturated heterocycles. The highest BCUT2D eigenvalue weighted by Crippen LogP contribution is 2.15. The van der Waals surface area contributed by atoms with Crippen molar-refractivity contribution in [2.24, 2.45) is 0 Å². The van der Waals surface area contributed by atoms with E-state index in [2.05, 4.69) is 15.5 Å². The molecule has 0 saturated carbocycles. The summed E-state index contributed by atoms with van der Waals surface area (Å²) < 4.78 is 1.56. The second kappa shape index (κ2) is 2.20. The van der Waals surface area contributed by atoms with E-state index < -0.39 is 0 Å². The lowest BCUT2D eigenvalue weighted by Gasteiger charge is -2.17. The van der Waals surface area contributed by atoms with Gasteiger partial charge < -0.3 is 0 Å². The van der Waals surface area contributed by atoms with Gasteiger partial charge in [0.25, 0.3) is 0 Å². The van der Waals surface area contributed by atoms with Crippen molar-refractivity contribution in [1.29, 1.82) is 0 Å². The summed E-state index contributed by atoms with van der Waals surface area (Å²) >= 11 is 5.65. The van der Waals surface area contributed by atoms with Crippen molar-refractivity contribution < 1.29 is 0 Å². The highest BCUT2D eigenvalue weighted by atomic mass is 35.5. The van der Waals surface area contributed by atoms with E-state index in [1.54, 1.807) is 4.68 Å². The van der Waals surface area contributed by atoms with Gasteiger partial charge >= 0.3 is 0 Å². The van der Waals surface area contributed by atoms with Crippen LogP contribution in [0.3, 0.4) is 0 Å². The second-order valence-corrected chi connectivity index (χ2v) is 3.37. The smallest absolute Gasteiger partial charge is 0.211 e. The monoisotopic (exact) mass is 160 g/mol. The van der Waals surface area contributed by atoms with Gasteiger partial charge in [0.05, 0.1) is 5.54 Å². The molecule has 1 aromatic heterocycles. The van der Waals surface area contributed by atoms with Crippen molar-refractivity contribution >= 4 is 11.6 Å². The summed E-state index contributed by atoms with van der Waals surface area (Å²) in [7, 11) is 0. The molecular formula is C5H9ClN4.